The maximum Gasteiger partial charge on any atom is 0.131 e. The molecule has 1 N–H and O–H groups in total. The minimum Gasteiger partial charge on any atom is -0.370 e. The largest absolute Gasteiger partial charge is 0.370 e. The number of aromatic nitrogens is 2. The van der Waals surface area contributed by atoms with E-state index in [4.69, 9.17) is 0 Å². The molecule has 1 aromatic heterocycles. The molecule has 0 radical (unpaired) electrons. The highest BCUT2D eigenvalue weighted by atomic mass is 15.0. The molecule has 2 rings (SSSR count). The van der Waals surface area contributed by atoms with Crippen molar-refractivity contribution in [1.82, 2.24) is 9.97 Å². The van der Waals surface area contributed by atoms with E-state index in [1.807, 2.05) is 12.1 Å². The monoisotopic (exact) mass is 255 g/mol. The summed E-state index contributed by atoms with van der Waals surface area (Å²) in [6, 6.07) is 12.5. The molecule has 0 unspecified atom stereocenters. The van der Waals surface area contributed by atoms with Crippen LogP contribution in [0.4, 0.5) is 5.82 Å². The van der Waals surface area contributed by atoms with Gasteiger partial charge in [0, 0.05) is 24.7 Å². The summed E-state index contributed by atoms with van der Waals surface area (Å²) in [6.07, 6.45) is 2.81. The Morgan fingerprint density at radius 2 is 1.79 bits per heavy atom. The van der Waals surface area contributed by atoms with E-state index in [2.05, 4.69) is 53.4 Å². The van der Waals surface area contributed by atoms with Crippen LogP contribution in [0, 0.1) is 0 Å². The minimum atomic E-state index is 0.885. The molecular formula is C16H21N3. The number of hydrogen-bond acceptors (Lipinski definition) is 3. The van der Waals surface area contributed by atoms with Crippen molar-refractivity contribution >= 4 is 5.82 Å². The van der Waals surface area contributed by atoms with Gasteiger partial charge < -0.3 is 5.32 Å². The summed E-state index contributed by atoms with van der Waals surface area (Å²) in [6.45, 7) is 5.09. The van der Waals surface area contributed by atoms with E-state index in [0.717, 1.165) is 43.1 Å². The van der Waals surface area contributed by atoms with Crippen molar-refractivity contribution in [3.05, 3.63) is 53.5 Å². The number of nitrogens with one attached hydrogen (secondary N) is 1. The lowest BCUT2D eigenvalue weighted by atomic mass is 10.1. The Balaban J connectivity index is 2.08. The lowest BCUT2D eigenvalue weighted by molar-refractivity contribution is 0.832. The highest BCUT2D eigenvalue weighted by Crippen LogP contribution is 2.10. The Bertz CT molecular complexity index is 509. The topological polar surface area (TPSA) is 37.8 Å². The van der Waals surface area contributed by atoms with Crippen LogP contribution in [0.15, 0.2) is 36.4 Å². The molecule has 0 atom stereocenters. The maximum atomic E-state index is 4.60. The van der Waals surface area contributed by atoms with Crippen LogP contribution in [-0.4, -0.2) is 16.5 Å². The average Bonchev–Trinajstić information content (AvgIpc) is 2.46. The molecule has 0 fully saturated rings. The molecule has 0 aliphatic rings. The Hall–Kier alpha value is -1.90. The number of benzene rings is 1. The third kappa shape index (κ3) is 4.05. The fraction of sp³-hybridized carbons (Fsp3) is 0.375. The zero-order valence-corrected chi connectivity index (χ0v) is 11.7. The Morgan fingerprint density at radius 3 is 2.47 bits per heavy atom. The minimum absolute atomic E-state index is 0.885. The van der Waals surface area contributed by atoms with Gasteiger partial charge in [0.15, 0.2) is 0 Å². The highest BCUT2D eigenvalue weighted by Gasteiger charge is 2.04. The number of anilines is 1. The first-order valence-electron chi connectivity index (χ1n) is 6.96. The third-order valence-electron chi connectivity index (χ3n) is 3.03. The molecule has 0 amide bonds. The number of hydrogen-bond donors (Lipinski definition) is 1. The van der Waals surface area contributed by atoms with Gasteiger partial charge in [0.2, 0.25) is 0 Å². The van der Waals surface area contributed by atoms with Gasteiger partial charge in [0.05, 0.1) is 0 Å². The molecule has 0 saturated carbocycles. The summed E-state index contributed by atoms with van der Waals surface area (Å²) in [5.41, 5.74) is 2.44. The SMILES string of the molecule is CCNc1cc(CC)nc(CCc2ccccc2)n1. The smallest absolute Gasteiger partial charge is 0.131 e. The molecular weight excluding hydrogens is 234 g/mol. The predicted octanol–water partition coefficient (Wildman–Crippen LogP) is 3.26. The number of nitrogens with zero attached hydrogens (tertiary/aromatic N) is 2. The lowest BCUT2D eigenvalue weighted by Gasteiger charge is -2.08. The molecule has 0 spiro atoms. The number of rotatable bonds is 6. The van der Waals surface area contributed by atoms with E-state index in [0.29, 0.717) is 0 Å². The molecule has 3 heteroatoms. The summed E-state index contributed by atoms with van der Waals surface area (Å²) < 4.78 is 0. The van der Waals surface area contributed by atoms with Crippen molar-refractivity contribution in [3.63, 3.8) is 0 Å². The second-order valence-electron chi connectivity index (χ2n) is 4.53. The van der Waals surface area contributed by atoms with Crippen LogP contribution in [0.2, 0.25) is 0 Å². The lowest BCUT2D eigenvalue weighted by Crippen LogP contribution is -2.06. The third-order valence-corrected chi connectivity index (χ3v) is 3.03. The van der Waals surface area contributed by atoms with Gasteiger partial charge in [-0.15, -0.1) is 0 Å². The van der Waals surface area contributed by atoms with Gasteiger partial charge in [-0.05, 0) is 25.3 Å². The van der Waals surface area contributed by atoms with Crippen molar-refractivity contribution in [2.45, 2.75) is 33.1 Å². The summed E-state index contributed by atoms with van der Waals surface area (Å²) >= 11 is 0. The zero-order valence-electron chi connectivity index (χ0n) is 11.7. The maximum absolute atomic E-state index is 4.60. The van der Waals surface area contributed by atoms with Gasteiger partial charge in [0.1, 0.15) is 11.6 Å². The van der Waals surface area contributed by atoms with Crippen molar-refractivity contribution in [3.8, 4) is 0 Å². The van der Waals surface area contributed by atoms with Gasteiger partial charge in [-0.3, -0.25) is 0 Å². The van der Waals surface area contributed by atoms with Crippen molar-refractivity contribution in [1.29, 1.82) is 0 Å². The molecule has 100 valence electrons. The Kier molecular flexibility index (Phi) is 4.90. The molecule has 2 aromatic rings. The molecule has 3 nitrogen and oxygen atoms in total. The molecule has 0 bridgehead atoms. The summed E-state index contributed by atoms with van der Waals surface area (Å²) in [4.78, 5) is 9.16. The zero-order chi connectivity index (χ0) is 13.5. The van der Waals surface area contributed by atoms with Crippen LogP contribution >= 0.6 is 0 Å². The van der Waals surface area contributed by atoms with E-state index in [1.54, 1.807) is 0 Å². The molecule has 19 heavy (non-hydrogen) atoms. The van der Waals surface area contributed by atoms with Crippen molar-refractivity contribution in [2.75, 3.05) is 11.9 Å². The molecule has 0 saturated heterocycles. The standard InChI is InChI=1S/C16H21N3/c1-3-14-12-16(17-4-2)19-15(18-14)11-10-13-8-6-5-7-9-13/h5-9,12H,3-4,10-11H2,1-2H3,(H,17,18,19). The highest BCUT2D eigenvalue weighted by molar-refractivity contribution is 5.36. The van der Waals surface area contributed by atoms with E-state index in [9.17, 15) is 0 Å². The van der Waals surface area contributed by atoms with Gasteiger partial charge in [-0.25, -0.2) is 9.97 Å². The van der Waals surface area contributed by atoms with Crippen LogP contribution in [-0.2, 0) is 19.3 Å². The molecule has 1 heterocycles. The predicted molar refractivity (Wildman–Crippen MR) is 79.4 cm³/mol. The van der Waals surface area contributed by atoms with E-state index < -0.39 is 0 Å². The van der Waals surface area contributed by atoms with Crippen LogP contribution in [0.25, 0.3) is 0 Å². The normalized spacial score (nSPS) is 10.4. The molecule has 0 aliphatic heterocycles. The van der Waals surface area contributed by atoms with Crippen LogP contribution < -0.4 is 5.32 Å². The summed E-state index contributed by atoms with van der Waals surface area (Å²) in [5.74, 6) is 1.87. The van der Waals surface area contributed by atoms with E-state index in [1.165, 1.54) is 5.56 Å². The molecule has 1 aromatic carbocycles. The fourth-order valence-electron chi connectivity index (χ4n) is 2.02. The first-order chi connectivity index (χ1) is 9.31. The van der Waals surface area contributed by atoms with Crippen molar-refractivity contribution < 1.29 is 0 Å². The van der Waals surface area contributed by atoms with E-state index in [-0.39, 0.29) is 0 Å². The first-order valence-corrected chi connectivity index (χ1v) is 6.96. The van der Waals surface area contributed by atoms with Crippen LogP contribution in [0.3, 0.4) is 0 Å². The second kappa shape index (κ2) is 6.88. The summed E-state index contributed by atoms with van der Waals surface area (Å²) in [7, 11) is 0. The van der Waals surface area contributed by atoms with Gasteiger partial charge in [-0.1, -0.05) is 37.3 Å². The Labute approximate surface area is 115 Å². The average molecular weight is 255 g/mol. The van der Waals surface area contributed by atoms with Gasteiger partial charge in [-0.2, -0.15) is 0 Å². The number of aryl methyl sites for hydroxylation is 3. The van der Waals surface area contributed by atoms with Crippen LogP contribution in [0.1, 0.15) is 30.9 Å². The van der Waals surface area contributed by atoms with Gasteiger partial charge >= 0.3 is 0 Å². The second-order valence-corrected chi connectivity index (χ2v) is 4.53. The van der Waals surface area contributed by atoms with Gasteiger partial charge in [0.25, 0.3) is 0 Å². The first kappa shape index (κ1) is 13.5. The fourth-order valence-corrected chi connectivity index (χ4v) is 2.02. The van der Waals surface area contributed by atoms with Crippen molar-refractivity contribution in [2.24, 2.45) is 0 Å². The summed E-state index contributed by atoms with van der Waals surface area (Å²) in [5, 5.41) is 3.27. The Morgan fingerprint density at radius 1 is 1.00 bits per heavy atom. The quantitative estimate of drug-likeness (QED) is 0.861. The molecule has 0 aliphatic carbocycles. The van der Waals surface area contributed by atoms with Crippen LogP contribution in [0.5, 0.6) is 0 Å². The van der Waals surface area contributed by atoms with E-state index >= 15 is 0 Å².